The summed E-state index contributed by atoms with van der Waals surface area (Å²) in [6.07, 6.45) is 2.55. The molecule has 0 spiro atoms. The van der Waals surface area contributed by atoms with Crippen molar-refractivity contribution >= 4 is 17.9 Å². The number of halogens is 1. The number of rotatable bonds is 3. The van der Waals surface area contributed by atoms with Crippen molar-refractivity contribution in [3.8, 4) is 16.9 Å². The second-order valence-electron chi connectivity index (χ2n) is 4.79. The highest BCUT2D eigenvalue weighted by Gasteiger charge is 2.13. The molecule has 21 heavy (non-hydrogen) atoms. The molecule has 0 saturated carbocycles. The van der Waals surface area contributed by atoms with E-state index in [-0.39, 0.29) is 0 Å². The van der Waals surface area contributed by atoms with Crippen LogP contribution < -0.4 is 0 Å². The van der Waals surface area contributed by atoms with E-state index in [9.17, 15) is 4.79 Å². The summed E-state index contributed by atoms with van der Waals surface area (Å²) in [5.41, 5.74) is 4.11. The van der Waals surface area contributed by atoms with Crippen LogP contribution in [-0.2, 0) is 0 Å². The summed E-state index contributed by atoms with van der Waals surface area (Å²) in [6.45, 7) is 2.00. The van der Waals surface area contributed by atoms with Gasteiger partial charge in [-0.15, -0.1) is 0 Å². The number of hydrogen-bond acceptors (Lipinski definition) is 2. The predicted octanol–water partition coefficient (Wildman–Crippen LogP) is 4.31. The van der Waals surface area contributed by atoms with Gasteiger partial charge < -0.3 is 0 Å². The average Bonchev–Trinajstić information content (AvgIpc) is 2.92. The molecule has 1 heterocycles. The minimum absolute atomic E-state index is 0.560. The lowest BCUT2D eigenvalue weighted by Crippen LogP contribution is -1.95. The van der Waals surface area contributed by atoms with Gasteiger partial charge in [0.05, 0.1) is 11.3 Å². The summed E-state index contributed by atoms with van der Waals surface area (Å²) in [6, 6.07) is 15.2. The first-order chi connectivity index (χ1) is 10.2. The Bertz CT molecular complexity index is 808. The molecule has 4 heteroatoms. The van der Waals surface area contributed by atoms with E-state index in [0.29, 0.717) is 16.3 Å². The Kier molecular flexibility index (Phi) is 3.59. The summed E-state index contributed by atoms with van der Waals surface area (Å²) >= 11 is 6.01. The Hall–Kier alpha value is -2.39. The quantitative estimate of drug-likeness (QED) is 0.675. The maximum Gasteiger partial charge on any atom is 0.153 e. The van der Waals surface area contributed by atoms with Gasteiger partial charge in [-0.3, -0.25) is 4.79 Å². The van der Waals surface area contributed by atoms with Gasteiger partial charge in [0.25, 0.3) is 0 Å². The molecule has 1 aromatic heterocycles. The molecule has 0 unspecified atom stereocenters. The lowest BCUT2D eigenvalue weighted by Gasteiger charge is -2.03. The van der Waals surface area contributed by atoms with E-state index in [1.54, 1.807) is 16.9 Å². The number of hydrogen-bond donors (Lipinski definition) is 0. The summed E-state index contributed by atoms with van der Waals surface area (Å²) < 4.78 is 1.68. The van der Waals surface area contributed by atoms with E-state index in [1.165, 1.54) is 0 Å². The van der Waals surface area contributed by atoms with Gasteiger partial charge in [0, 0.05) is 16.8 Å². The van der Waals surface area contributed by atoms with Crippen molar-refractivity contribution in [3.05, 3.63) is 70.9 Å². The van der Waals surface area contributed by atoms with Crippen LogP contribution in [-0.4, -0.2) is 16.1 Å². The van der Waals surface area contributed by atoms with E-state index in [2.05, 4.69) is 5.10 Å². The van der Waals surface area contributed by atoms with Crippen LogP contribution in [0, 0.1) is 6.92 Å². The molecule has 104 valence electrons. The highest BCUT2D eigenvalue weighted by Crippen LogP contribution is 2.26. The molecule has 0 N–H and O–H groups in total. The zero-order valence-electron chi connectivity index (χ0n) is 11.5. The summed E-state index contributed by atoms with van der Waals surface area (Å²) in [7, 11) is 0. The Morgan fingerprint density at radius 3 is 2.67 bits per heavy atom. The smallest absolute Gasteiger partial charge is 0.153 e. The third-order valence-corrected chi connectivity index (χ3v) is 3.58. The molecule has 3 aromatic rings. The molecular formula is C17H13ClN2O. The molecule has 3 rings (SSSR count). The topological polar surface area (TPSA) is 34.9 Å². The molecule has 3 nitrogen and oxygen atoms in total. The van der Waals surface area contributed by atoms with E-state index < -0.39 is 0 Å². The van der Waals surface area contributed by atoms with Crippen LogP contribution >= 0.6 is 11.6 Å². The molecule has 0 aliphatic rings. The van der Waals surface area contributed by atoms with Crippen molar-refractivity contribution in [1.82, 2.24) is 9.78 Å². The van der Waals surface area contributed by atoms with E-state index in [4.69, 9.17) is 11.6 Å². The zero-order valence-corrected chi connectivity index (χ0v) is 12.2. The molecule has 0 atom stereocenters. The Morgan fingerprint density at radius 1 is 1.14 bits per heavy atom. The number of nitrogens with zero attached hydrogens (tertiary/aromatic N) is 2. The van der Waals surface area contributed by atoms with Gasteiger partial charge >= 0.3 is 0 Å². The maximum absolute atomic E-state index is 11.3. The number of carbonyl (C=O) groups excluding carboxylic acids is 1. The van der Waals surface area contributed by atoms with Gasteiger partial charge in [0.1, 0.15) is 5.69 Å². The first-order valence-electron chi connectivity index (χ1n) is 6.56. The molecule has 0 radical (unpaired) electrons. The number of benzene rings is 2. The third-order valence-electron chi connectivity index (χ3n) is 3.34. The highest BCUT2D eigenvalue weighted by atomic mass is 35.5. The van der Waals surface area contributed by atoms with Gasteiger partial charge in [-0.25, -0.2) is 4.68 Å². The van der Waals surface area contributed by atoms with Gasteiger partial charge in [-0.1, -0.05) is 41.9 Å². The number of aryl methyl sites for hydroxylation is 1. The van der Waals surface area contributed by atoms with Crippen molar-refractivity contribution in [2.24, 2.45) is 0 Å². The van der Waals surface area contributed by atoms with Crippen molar-refractivity contribution in [3.63, 3.8) is 0 Å². The first-order valence-corrected chi connectivity index (χ1v) is 6.93. The number of aldehydes is 1. The maximum atomic E-state index is 11.3. The normalized spacial score (nSPS) is 10.6. The zero-order chi connectivity index (χ0) is 14.8. The molecule has 2 aromatic carbocycles. The van der Waals surface area contributed by atoms with E-state index in [0.717, 1.165) is 23.1 Å². The van der Waals surface area contributed by atoms with Gasteiger partial charge in [0.15, 0.2) is 6.29 Å². The number of aromatic nitrogens is 2. The minimum atomic E-state index is 0.560. The molecule has 0 aliphatic heterocycles. The summed E-state index contributed by atoms with van der Waals surface area (Å²) in [4.78, 5) is 11.3. The second kappa shape index (κ2) is 5.54. The number of carbonyl (C=O) groups is 1. The fourth-order valence-corrected chi connectivity index (χ4v) is 2.46. The van der Waals surface area contributed by atoms with Crippen LogP contribution in [0.15, 0.2) is 54.7 Å². The second-order valence-corrected chi connectivity index (χ2v) is 5.23. The van der Waals surface area contributed by atoms with E-state index >= 15 is 0 Å². The fourth-order valence-electron chi connectivity index (χ4n) is 2.27. The molecule has 0 bridgehead atoms. The van der Waals surface area contributed by atoms with Crippen LogP contribution in [0.25, 0.3) is 16.9 Å². The molecule has 0 fully saturated rings. The van der Waals surface area contributed by atoms with Crippen LogP contribution in [0.4, 0.5) is 0 Å². The van der Waals surface area contributed by atoms with Crippen molar-refractivity contribution in [2.45, 2.75) is 6.92 Å². The Balaban J connectivity index is 2.15. The Morgan fingerprint density at radius 2 is 1.95 bits per heavy atom. The lowest BCUT2D eigenvalue weighted by atomic mass is 10.0. The minimum Gasteiger partial charge on any atom is -0.298 e. The molecule has 0 amide bonds. The highest BCUT2D eigenvalue weighted by molar-refractivity contribution is 6.30. The van der Waals surface area contributed by atoms with Gasteiger partial charge in [0.2, 0.25) is 0 Å². The Labute approximate surface area is 127 Å². The molecule has 0 aliphatic carbocycles. The predicted molar refractivity (Wildman–Crippen MR) is 84.1 cm³/mol. The summed E-state index contributed by atoms with van der Waals surface area (Å²) in [5, 5.41) is 5.18. The average molecular weight is 297 g/mol. The SMILES string of the molecule is Cc1ccccc1-c1nn(-c2cccc(Cl)c2)cc1C=O. The third kappa shape index (κ3) is 2.60. The fraction of sp³-hybridized carbons (Fsp3) is 0.0588. The monoisotopic (exact) mass is 296 g/mol. The van der Waals surface area contributed by atoms with Crippen LogP contribution in [0.2, 0.25) is 5.02 Å². The first kappa shape index (κ1) is 13.6. The molecular weight excluding hydrogens is 284 g/mol. The van der Waals surface area contributed by atoms with E-state index in [1.807, 2.05) is 49.4 Å². The summed E-state index contributed by atoms with van der Waals surface area (Å²) in [5.74, 6) is 0. The largest absolute Gasteiger partial charge is 0.298 e. The lowest BCUT2D eigenvalue weighted by molar-refractivity contribution is 0.112. The van der Waals surface area contributed by atoms with Crippen molar-refractivity contribution in [1.29, 1.82) is 0 Å². The van der Waals surface area contributed by atoms with Crippen LogP contribution in [0.1, 0.15) is 15.9 Å². The van der Waals surface area contributed by atoms with Crippen LogP contribution in [0.5, 0.6) is 0 Å². The van der Waals surface area contributed by atoms with Gasteiger partial charge in [-0.05, 0) is 30.7 Å². The van der Waals surface area contributed by atoms with Gasteiger partial charge in [-0.2, -0.15) is 5.10 Å². The van der Waals surface area contributed by atoms with Crippen molar-refractivity contribution in [2.75, 3.05) is 0 Å². The van der Waals surface area contributed by atoms with Crippen molar-refractivity contribution < 1.29 is 4.79 Å². The molecule has 0 saturated heterocycles. The standard InChI is InChI=1S/C17H13ClN2O/c1-12-5-2-3-8-16(12)17-13(11-21)10-20(19-17)15-7-4-6-14(18)9-15/h2-11H,1H3. The van der Waals surface area contributed by atoms with Crippen LogP contribution in [0.3, 0.4) is 0 Å².